The first kappa shape index (κ1) is 23.7. The van der Waals surface area contributed by atoms with Gasteiger partial charge in [0.25, 0.3) is 0 Å². The molecule has 0 radical (unpaired) electrons. The summed E-state index contributed by atoms with van der Waals surface area (Å²) in [6.45, 7) is 9.68. The molecule has 0 saturated carbocycles. The van der Waals surface area contributed by atoms with Gasteiger partial charge in [-0.3, -0.25) is 9.59 Å². The Morgan fingerprint density at radius 2 is 1.71 bits per heavy atom. The van der Waals surface area contributed by atoms with Gasteiger partial charge in [-0.25, -0.2) is 4.79 Å². The molecule has 6 heteroatoms. The van der Waals surface area contributed by atoms with Crippen molar-refractivity contribution >= 4 is 23.5 Å². The standard InChI is InChI=1S/C22H34N2O4/c1-6-9-16(10-7-2)20(26)24-18-12-8-11-17(15-18)19(25)13-14-23-21(27)28-22(3,4)5/h8,11-12,15-16H,6-7,9-10,13-14H2,1-5H3,(H,23,27)(H,24,26). The van der Waals surface area contributed by atoms with Crippen LogP contribution < -0.4 is 10.6 Å². The van der Waals surface area contributed by atoms with E-state index < -0.39 is 11.7 Å². The fourth-order valence-corrected chi connectivity index (χ4v) is 2.85. The number of benzene rings is 1. The first-order valence-corrected chi connectivity index (χ1v) is 10.1. The van der Waals surface area contributed by atoms with Crippen molar-refractivity contribution < 1.29 is 19.1 Å². The van der Waals surface area contributed by atoms with Crippen LogP contribution in [-0.2, 0) is 9.53 Å². The molecule has 0 aliphatic rings. The third-order valence-electron chi connectivity index (χ3n) is 4.12. The highest BCUT2D eigenvalue weighted by molar-refractivity contribution is 5.99. The normalized spacial score (nSPS) is 11.2. The maximum absolute atomic E-state index is 12.5. The van der Waals surface area contributed by atoms with E-state index in [1.165, 1.54) is 0 Å². The maximum atomic E-state index is 12.5. The molecule has 0 saturated heterocycles. The quantitative estimate of drug-likeness (QED) is 0.554. The van der Waals surface area contributed by atoms with Gasteiger partial charge in [-0.2, -0.15) is 0 Å². The largest absolute Gasteiger partial charge is 0.444 e. The second-order valence-corrected chi connectivity index (χ2v) is 7.95. The van der Waals surface area contributed by atoms with Gasteiger partial charge in [-0.15, -0.1) is 0 Å². The summed E-state index contributed by atoms with van der Waals surface area (Å²) in [5.41, 5.74) is 0.549. The molecule has 2 amide bonds. The molecule has 0 atom stereocenters. The van der Waals surface area contributed by atoms with Crippen LogP contribution >= 0.6 is 0 Å². The minimum atomic E-state index is -0.575. The molecule has 0 aliphatic heterocycles. The number of amides is 2. The summed E-state index contributed by atoms with van der Waals surface area (Å²) >= 11 is 0. The second kappa shape index (κ2) is 11.5. The van der Waals surface area contributed by atoms with Crippen molar-refractivity contribution in [1.82, 2.24) is 5.32 Å². The monoisotopic (exact) mass is 390 g/mol. The first-order valence-electron chi connectivity index (χ1n) is 10.1. The van der Waals surface area contributed by atoms with Crippen molar-refractivity contribution in [1.29, 1.82) is 0 Å². The Bertz CT molecular complexity index is 659. The molecule has 1 aromatic rings. The van der Waals surface area contributed by atoms with Crippen LogP contribution in [0.2, 0.25) is 0 Å². The van der Waals surface area contributed by atoms with Crippen LogP contribution in [0.5, 0.6) is 0 Å². The number of ether oxygens (including phenoxy) is 1. The lowest BCUT2D eigenvalue weighted by molar-refractivity contribution is -0.120. The van der Waals surface area contributed by atoms with E-state index in [4.69, 9.17) is 4.74 Å². The summed E-state index contributed by atoms with van der Waals surface area (Å²) in [5.74, 6) is -0.113. The topological polar surface area (TPSA) is 84.5 Å². The van der Waals surface area contributed by atoms with E-state index in [2.05, 4.69) is 24.5 Å². The number of carbonyl (C=O) groups is 3. The van der Waals surface area contributed by atoms with Gasteiger partial charge in [0.15, 0.2) is 5.78 Å². The van der Waals surface area contributed by atoms with Crippen LogP contribution in [0.4, 0.5) is 10.5 Å². The van der Waals surface area contributed by atoms with Gasteiger partial charge in [0.05, 0.1) is 0 Å². The van der Waals surface area contributed by atoms with Gasteiger partial charge >= 0.3 is 6.09 Å². The van der Waals surface area contributed by atoms with E-state index in [1.54, 1.807) is 45.0 Å². The van der Waals surface area contributed by atoms with Crippen LogP contribution in [0, 0.1) is 5.92 Å². The third-order valence-corrected chi connectivity index (χ3v) is 4.12. The number of ketones is 1. The highest BCUT2D eigenvalue weighted by atomic mass is 16.6. The van der Waals surface area contributed by atoms with E-state index in [9.17, 15) is 14.4 Å². The van der Waals surface area contributed by atoms with Crippen molar-refractivity contribution in [2.75, 3.05) is 11.9 Å². The van der Waals surface area contributed by atoms with Crippen LogP contribution in [0.3, 0.4) is 0 Å². The molecule has 0 bridgehead atoms. The number of carbonyl (C=O) groups excluding carboxylic acids is 3. The van der Waals surface area contributed by atoms with E-state index >= 15 is 0 Å². The van der Waals surface area contributed by atoms with E-state index in [0.29, 0.717) is 11.3 Å². The summed E-state index contributed by atoms with van der Waals surface area (Å²) < 4.78 is 5.14. The number of hydrogen-bond acceptors (Lipinski definition) is 4. The van der Waals surface area contributed by atoms with Crippen molar-refractivity contribution in [3.63, 3.8) is 0 Å². The molecule has 2 N–H and O–H groups in total. The van der Waals surface area contributed by atoms with Crippen molar-refractivity contribution in [2.24, 2.45) is 5.92 Å². The molecular formula is C22H34N2O4. The number of rotatable bonds is 10. The van der Waals surface area contributed by atoms with Crippen molar-refractivity contribution in [2.45, 2.75) is 72.3 Å². The smallest absolute Gasteiger partial charge is 0.407 e. The zero-order valence-corrected chi connectivity index (χ0v) is 17.8. The molecular weight excluding hydrogens is 356 g/mol. The molecule has 1 aromatic carbocycles. The Labute approximate surface area is 168 Å². The van der Waals surface area contributed by atoms with E-state index in [-0.39, 0.29) is 30.6 Å². The van der Waals surface area contributed by atoms with Crippen LogP contribution in [-0.4, -0.2) is 29.9 Å². The summed E-state index contributed by atoms with van der Waals surface area (Å²) in [6.07, 6.45) is 3.25. The minimum absolute atomic E-state index is 0.000101. The zero-order chi connectivity index (χ0) is 21.2. The molecule has 1 rings (SSSR count). The Balaban J connectivity index is 2.60. The third kappa shape index (κ3) is 9.02. The van der Waals surface area contributed by atoms with Crippen LogP contribution in [0.15, 0.2) is 24.3 Å². The van der Waals surface area contributed by atoms with Gasteiger partial charge in [-0.05, 0) is 45.7 Å². The first-order chi connectivity index (χ1) is 13.2. The van der Waals surface area contributed by atoms with Gasteiger partial charge in [0.2, 0.25) is 5.91 Å². The lowest BCUT2D eigenvalue weighted by atomic mass is 9.97. The average Bonchev–Trinajstić information content (AvgIpc) is 2.60. The fraction of sp³-hybridized carbons (Fsp3) is 0.591. The lowest BCUT2D eigenvalue weighted by Crippen LogP contribution is -2.33. The van der Waals surface area contributed by atoms with Crippen molar-refractivity contribution in [3.8, 4) is 0 Å². The maximum Gasteiger partial charge on any atom is 0.407 e. The van der Waals surface area contributed by atoms with Gasteiger partial charge in [0, 0.05) is 30.1 Å². The number of hydrogen-bond donors (Lipinski definition) is 2. The number of alkyl carbamates (subject to hydrolysis) is 1. The molecule has 0 aliphatic carbocycles. The Morgan fingerprint density at radius 1 is 1.07 bits per heavy atom. The summed E-state index contributed by atoms with van der Waals surface area (Å²) in [6, 6.07) is 6.92. The lowest BCUT2D eigenvalue weighted by Gasteiger charge is -2.19. The number of Topliss-reactive ketones (excluding diaryl/α,β-unsaturated/α-hetero) is 1. The van der Waals surface area contributed by atoms with Gasteiger partial charge in [0.1, 0.15) is 5.60 Å². The molecule has 0 spiro atoms. The molecule has 6 nitrogen and oxygen atoms in total. The Hall–Kier alpha value is -2.37. The average molecular weight is 391 g/mol. The molecule has 0 unspecified atom stereocenters. The summed E-state index contributed by atoms with van der Waals surface area (Å²) in [4.78, 5) is 36.5. The number of nitrogens with one attached hydrogen (secondary N) is 2. The molecule has 0 heterocycles. The second-order valence-electron chi connectivity index (χ2n) is 7.95. The zero-order valence-electron chi connectivity index (χ0n) is 17.8. The highest BCUT2D eigenvalue weighted by Gasteiger charge is 2.18. The Kier molecular flexibility index (Phi) is 9.69. The highest BCUT2D eigenvalue weighted by Crippen LogP contribution is 2.18. The van der Waals surface area contributed by atoms with Gasteiger partial charge < -0.3 is 15.4 Å². The van der Waals surface area contributed by atoms with Crippen LogP contribution in [0.25, 0.3) is 0 Å². The van der Waals surface area contributed by atoms with E-state index in [1.807, 2.05) is 0 Å². The van der Waals surface area contributed by atoms with Crippen LogP contribution in [0.1, 0.15) is 77.1 Å². The van der Waals surface area contributed by atoms with Gasteiger partial charge in [-0.1, -0.05) is 38.8 Å². The van der Waals surface area contributed by atoms with Crippen molar-refractivity contribution in [3.05, 3.63) is 29.8 Å². The molecule has 156 valence electrons. The minimum Gasteiger partial charge on any atom is -0.444 e. The van der Waals surface area contributed by atoms with E-state index in [0.717, 1.165) is 25.7 Å². The predicted molar refractivity (Wildman–Crippen MR) is 112 cm³/mol. The molecule has 0 fully saturated rings. The SMILES string of the molecule is CCCC(CCC)C(=O)Nc1cccc(C(=O)CCNC(=O)OC(C)(C)C)c1. The Morgan fingerprint density at radius 3 is 2.29 bits per heavy atom. The summed E-state index contributed by atoms with van der Waals surface area (Å²) in [7, 11) is 0. The number of anilines is 1. The molecule has 28 heavy (non-hydrogen) atoms. The fourth-order valence-electron chi connectivity index (χ4n) is 2.85. The predicted octanol–water partition coefficient (Wildman–Crippen LogP) is 4.94. The molecule has 0 aromatic heterocycles. The summed E-state index contributed by atoms with van der Waals surface area (Å²) in [5, 5.41) is 5.50.